The molecule has 0 amide bonds. The number of rotatable bonds is 7. The number of aryl methyl sites for hydroxylation is 3. The molecular weight excluding hydrogens is 582 g/mol. The van der Waals surface area contributed by atoms with E-state index in [2.05, 4.69) is 0 Å². The Bertz CT molecular complexity index is 1680. The molecule has 0 aliphatic heterocycles. The lowest BCUT2D eigenvalue weighted by molar-refractivity contribution is -0.288. The van der Waals surface area contributed by atoms with E-state index in [0.717, 1.165) is 47.5 Å². The molecule has 0 saturated heterocycles. The summed E-state index contributed by atoms with van der Waals surface area (Å²) in [7, 11) is -2.60. The fourth-order valence-corrected chi connectivity index (χ4v) is 6.07. The van der Waals surface area contributed by atoms with Crippen LogP contribution in [0.2, 0.25) is 0 Å². The van der Waals surface area contributed by atoms with Gasteiger partial charge in [-0.05, 0) is 103 Å². The molecule has 0 atom stereocenters. The Morgan fingerprint density at radius 3 is 1.45 bits per heavy atom. The number of benzene rings is 4. The Hall–Kier alpha value is -3.99. The summed E-state index contributed by atoms with van der Waals surface area (Å²) in [6.07, 6.45) is -11.5. The van der Waals surface area contributed by atoms with Crippen molar-refractivity contribution < 1.29 is 44.2 Å². The maximum absolute atomic E-state index is 14.4. The zero-order chi connectivity index (χ0) is 31.1. The minimum Gasteiger partial charge on any atom is -0.497 e. The summed E-state index contributed by atoms with van der Waals surface area (Å²) in [6.45, 7) is 5.23. The summed E-state index contributed by atoms with van der Waals surface area (Å²) in [5.74, 6) is 0.235. The number of hydrogen-bond donors (Lipinski definition) is 0. The van der Waals surface area contributed by atoms with Crippen molar-refractivity contribution in [2.24, 2.45) is 0 Å². The van der Waals surface area contributed by atoms with E-state index in [4.69, 9.17) is 9.47 Å². The molecule has 11 heteroatoms. The molecule has 0 radical (unpaired) electrons. The quantitative estimate of drug-likeness (QED) is 0.197. The van der Waals surface area contributed by atoms with E-state index in [1.165, 1.54) is 31.4 Å². The molecule has 0 aliphatic rings. The largest absolute Gasteiger partial charge is 0.497 e. The second kappa shape index (κ2) is 11.0. The van der Waals surface area contributed by atoms with Gasteiger partial charge in [-0.1, -0.05) is 30.3 Å². The predicted octanol–water partition coefficient (Wildman–Crippen LogP) is 8.66. The molecule has 0 unspecified atom stereocenters. The van der Waals surface area contributed by atoms with Gasteiger partial charge in [-0.3, -0.25) is 0 Å². The molecule has 0 aliphatic carbocycles. The molecule has 0 heterocycles. The van der Waals surface area contributed by atoms with Crippen LogP contribution in [-0.4, -0.2) is 27.9 Å². The van der Waals surface area contributed by atoms with Crippen LogP contribution in [0, 0.1) is 20.8 Å². The van der Waals surface area contributed by atoms with E-state index in [0.29, 0.717) is 17.7 Å². The Balaban J connectivity index is 1.68. The average molecular weight is 609 g/mol. The van der Waals surface area contributed by atoms with Crippen LogP contribution in [0.15, 0.2) is 94.7 Å². The molecule has 0 aromatic heterocycles. The van der Waals surface area contributed by atoms with E-state index < -0.39 is 38.7 Å². The molecule has 0 spiro atoms. The van der Waals surface area contributed by atoms with Crippen molar-refractivity contribution in [1.82, 2.24) is 0 Å². The topological polar surface area (TPSA) is 52.6 Å². The second-order valence-electron chi connectivity index (χ2n) is 9.78. The van der Waals surface area contributed by atoms with Crippen LogP contribution >= 0.6 is 0 Å². The van der Waals surface area contributed by atoms with Crippen LogP contribution in [0.3, 0.4) is 0 Å². The molecule has 4 rings (SSSR count). The number of methoxy groups -OCH3 is 1. The smallest absolute Gasteiger partial charge is 0.411 e. The molecule has 0 fully saturated rings. The SMILES string of the molecule is COc1ccc(C(c2ccc(Oc3ccc(S(=O)(=O)c4ccc(C)c(C)c4)cc3C)cc2)(C(F)(F)F)C(F)(F)F)cc1. The van der Waals surface area contributed by atoms with Gasteiger partial charge in [0.25, 0.3) is 0 Å². The minimum absolute atomic E-state index is 0.00517. The van der Waals surface area contributed by atoms with Gasteiger partial charge in [-0.15, -0.1) is 0 Å². The van der Waals surface area contributed by atoms with E-state index in [1.54, 1.807) is 26.0 Å². The summed E-state index contributed by atoms with van der Waals surface area (Å²) in [5, 5.41) is 0. The van der Waals surface area contributed by atoms with Crippen molar-refractivity contribution in [2.75, 3.05) is 7.11 Å². The van der Waals surface area contributed by atoms with Crippen LogP contribution in [0.1, 0.15) is 27.8 Å². The summed E-state index contributed by atoms with van der Waals surface area (Å²) >= 11 is 0. The summed E-state index contributed by atoms with van der Waals surface area (Å²) < 4.78 is 123. The fourth-order valence-electron chi connectivity index (χ4n) is 4.64. The van der Waals surface area contributed by atoms with Gasteiger partial charge in [0.2, 0.25) is 15.3 Å². The maximum atomic E-state index is 14.4. The average Bonchev–Trinajstić information content (AvgIpc) is 2.91. The zero-order valence-electron chi connectivity index (χ0n) is 22.9. The van der Waals surface area contributed by atoms with Crippen LogP contribution in [0.5, 0.6) is 17.2 Å². The van der Waals surface area contributed by atoms with Gasteiger partial charge >= 0.3 is 12.4 Å². The Morgan fingerprint density at radius 1 is 0.571 bits per heavy atom. The van der Waals surface area contributed by atoms with E-state index >= 15 is 0 Å². The molecule has 4 nitrogen and oxygen atoms in total. The first kappa shape index (κ1) is 31.0. The Labute approximate surface area is 239 Å². The lowest BCUT2D eigenvalue weighted by atomic mass is 9.73. The highest BCUT2D eigenvalue weighted by Gasteiger charge is 2.72. The molecule has 0 N–H and O–H groups in total. The third-order valence-corrected chi connectivity index (χ3v) is 8.88. The van der Waals surface area contributed by atoms with Gasteiger partial charge in [-0.25, -0.2) is 8.42 Å². The summed E-state index contributed by atoms with van der Waals surface area (Å²) in [4.78, 5) is 0.120. The molecular formula is C31H26F6O4S. The second-order valence-corrected chi connectivity index (χ2v) is 11.7. The highest BCUT2D eigenvalue weighted by atomic mass is 32.2. The predicted molar refractivity (Wildman–Crippen MR) is 145 cm³/mol. The third kappa shape index (κ3) is 5.45. The molecule has 0 bridgehead atoms. The van der Waals surface area contributed by atoms with Crippen LogP contribution in [0.25, 0.3) is 0 Å². The van der Waals surface area contributed by atoms with Gasteiger partial charge in [-0.2, -0.15) is 26.3 Å². The van der Waals surface area contributed by atoms with Crippen molar-refractivity contribution in [3.8, 4) is 17.2 Å². The van der Waals surface area contributed by atoms with Gasteiger partial charge in [0.15, 0.2) is 0 Å². The fraction of sp³-hybridized carbons (Fsp3) is 0.226. The van der Waals surface area contributed by atoms with Gasteiger partial charge in [0, 0.05) is 0 Å². The molecule has 42 heavy (non-hydrogen) atoms. The first-order chi connectivity index (χ1) is 19.5. The van der Waals surface area contributed by atoms with E-state index in [1.807, 2.05) is 6.92 Å². The minimum atomic E-state index is -5.74. The molecule has 0 saturated carbocycles. The van der Waals surface area contributed by atoms with Crippen molar-refractivity contribution in [1.29, 1.82) is 0 Å². The third-order valence-electron chi connectivity index (χ3n) is 7.13. The lowest BCUT2D eigenvalue weighted by Crippen LogP contribution is -2.54. The lowest BCUT2D eigenvalue weighted by Gasteiger charge is -2.38. The van der Waals surface area contributed by atoms with Gasteiger partial charge in [0.05, 0.1) is 16.9 Å². The number of hydrogen-bond acceptors (Lipinski definition) is 4. The number of alkyl halides is 6. The number of ether oxygens (including phenoxy) is 2. The number of halogens is 6. The van der Waals surface area contributed by atoms with Crippen molar-refractivity contribution >= 4 is 9.84 Å². The summed E-state index contributed by atoms with van der Waals surface area (Å²) in [6, 6.07) is 15.9. The highest BCUT2D eigenvalue weighted by molar-refractivity contribution is 7.91. The Morgan fingerprint density at radius 2 is 1.02 bits per heavy atom. The van der Waals surface area contributed by atoms with Crippen molar-refractivity contribution in [2.45, 2.75) is 48.3 Å². The van der Waals surface area contributed by atoms with Crippen LogP contribution in [-0.2, 0) is 15.3 Å². The van der Waals surface area contributed by atoms with Crippen molar-refractivity contribution in [3.05, 3.63) is 113 Å². The monoisotopic (exact) mass is 608 g/mol. The molecule has 4 aromatic rings. The first-order valence-electron chi connectivity index (χ1n) is 12.5. The summed E-state index contributed by atoms with van der Waals surface area (Å²) in [5.41, 5.74) is -4.25. The van der Waals surface area contributed by atoms with Crippen molar-refractivity contribution in [3.63, 3.8) is 0 Å². The van der Waals surface area contributed by atoms with Gasteiger partial charge in [0.1, 0.15) is 17.2 Å². The standard InChI is InChI=1S/C31H26F6O4S/c1-19-5-14-26(17-20(19)2)42(38,39)27-15-16-28(21(3)18-27)41-25-12-8-23(9-13-25)29(30(32,33)34,31(35,36)37)22-6-10-24(40-4)11-7-22/h5-18H,1-4H3. The van der Waals surface area contributed by atoms with Gasteiger partial charge < -0.3 is 9.47 Å². The van der Waals surface area contributed by atoms with E-state index in [-0.39, 0.29) is 27.0 Å². The number of sulfone groups is 1. The first-order valence-corrected chi connectivity index (χ1v) is 14.0. The van der Waals surface area contributed by atoms with Crippen LogP contribution in [0.4, 0.5) is 26.3 Å². The van der Waals surface area contributed by atoms with Crippen LogP contribution < -0.4 is 9.47 Å². The molecule has 4 aromatic carbocycles. The normalized spacial score (nSPS) is 12.7. The molecule has 222 valence electrons. The zero-order valence-corrected chi connectivity index (χ0v) is 23.7. The maximum Gasteiger partial charge on any atom is 0.411 e. The highest BCUT2D eigenvalue weighted by Crippen LogP contribution is 2.56. The Kier molecular flexibility index (Phi) is 8.12. The van der Waals surface area contributed by atoms with E-state index in [9.17, 15) is 34.8 Å².